The number of anilines is 1. The fourth-order valence-corrected chi connectivity index (χ4v) is 3.22. The van der Waals surface area contributed by atoms with Gasteiger partial charge in [-0.05, 0) is 38.4 Å². The number of nitrogens with zero attached hydrogens (tertiary/aromatic N) is 3. The fraction of sp³-hybridized carbons (Fsp3) is 0.571. The minimum absolute atomic E-state index is 0.455. The second-order valence-corrected chi connectivity index (χ2v) is 5.52. The van der Waals surface area contributed by atoms with Crippen LogP contribution < -0.4 is 4.90 Å². The normalized spacial score (nSPS) is 23.4. The summed E-state index contributed by atoms with van der Waals surface area (Å²) in [4.78, 5) is 14.6. The standard InChI is InChI=1S/C14H18FN3O2/c15-13-9-11(3-4-14(13)18(19)20)17-8-5-12(10-17)16-6-1-2-7-16/h3-4,9,12H,1-2,5-8,10H2/t12-/m1/s1. The molecule has 0 unspecified atom stereocenters. The summed E-state index contributed by atoms with van der Waals surface area (Å²) in [5, 5.41) is 10.6. The highest BCUT2D eigenvalue weighted by Gasteiger charge is 2.30. The Morgan fingerprint density at radius 3 is 2.65 bits per heavy atom. The van der Waals surface area contributed by atoms with E-state index in [0.29, 0.717) is 6.04 Å². The Morgan fingerprint density at radius 1 is 1.25 bits per heavy atom. The van der Waals surface area contributed by atoms with Gasteiger partial charge in [0.05, 0.1) is 4.92 Å². The predicted molar refractivity (Wildman–Crippen MR) is 74.5 cm³/mol. The molecule has 2 aliphatic heterocycles. The highest BCUT2D eigenvalue weighted by molar-refractivity contribution is 5.52. The smallest absolute Gasteiger partial charge is 0.304 e. The number of rotatable bonds is 3. The van der Waals surface area contributed by atoms with Crippen LogP contribution in [0.5, 0.6) is 0 Å². The molecule has 0 N–H and O–H groups in total. The lowest BCUT2D eigenvalue weighted by Crippen LogP contribution is -2.35. The Kier molecular flexibility index (Phi) is 3.56. The molecule has 0 amide bonds. The molecule has 0 aliphatic carbocycles. The topological polar surface area (TPSA) is 49.6 Å². The summed E-state index contributed by atoms with van der Waals surface area (Å²) in [7, 11) is 0. The van der Waals surface area contributed by atoms with E-state index < -0.39 is 16.4 Å². The van der Waals surface area contributed by atoms with E-state index in [2.05, 4.69) is 9.80 Å². The van der Waals surface area contributed by atoms with E-state index in [1.165, 1.54) is 25.0 Å². The fourth-order valence-electron chi connectivity index (χ4n) is 3.22. The minimum atomic E-state index is -0.753. The predicted octanol–water partition coefficient (Wildman–Crippen LogP) is 2.41. The largest absolute Gasteiger partial charge is 0.370 e. The molecule has 3 rings (SSSR count). The van der Waals surface area contributed by atoms with Crippen molar-refractivity contribution in [3.05, 3.63) is 34.1 Å². The van der Waals surface area contributed by atoms with Gasteiger partial charge in [0.1, 0.15) is 0 Å². The van der Waals surface area contributed by atoms with Crippen LogP contribution in [0.3, 0.4) is 0 Å². The highest BCUT2D eigenvalue weighted by atomic mass is 19.1. The molecule has 20 heavy (non-hydrogen) atoms. The third-order valence-electron chi connectivity index (χ3n) is 4.31. The van der Waals surface area contributed by atoms with E-state index in [1.807, 2.05) is 0 Å². The average Bonchev–Trinajstić information content (AvgIpc) is 3.09. The van der Waals surface area contributed by atoms with Crippen LogP contribution in [0.2, 0.25) is 0 Å². The Hall–Kier alpha value is -1.69. The van der Waals surface area contributed by atoms with Gasteiger partial charge < -0.3 is 4.90 Å². The summed E-state index contributed by atoms with van der Waals surface area (Å²) in [6.45, 7) is 4.09. The van der Waals surface area contributed by atoms with Crippen LogP contribution in [-0.2, 0) is 0 Å². The van der Waals surface area contributed by atoms with Gasteiger partial charge in [-0.3, -0.25) is 15.0 Å². The van der Waals surface area contributed by atoms with Gasteiger partial charge in [-0.15, -0.1) is 0 Å². The minimum Gasteiger partial charge on any atom is -0.370 e. The van der Waals surface area contributed by atoms with Gasteiger partial charge in [0.15, 0.2) is 0 Å². The maximum Gasteiger partial charge on any atom is 0.304 e. The lowest BCUT2D eigenvalue weighted by Gasteiger charge is -2.24. The molecule has 2 saturated heterocycles. The third kappa shape index (κ3) is 2.47. The van der Waals surface area contributed by atoms with Crippen molar-refractivity contribution in [3.63, 3.8) is 0 Å². The van der Waals surface area contributed by atoms with E-state index in [9.17, 15) is 14.5 Å². The van der Waals surface area contributed by atoms with Crippen molar-refractivity contribution in [2.75, 3.05) is 31.1 Å². The van der Waals surface area contributed by atoms with Crippen molar-refractivity contribution in [1.29, 1.82) is 0 Å². The Balaban J connectivity index is 1.71. The molecule has 5 nitrogen and oxygen atoms in total. The third-order valence-corrected chi connectivity index (χ3v) is 4.31. The summed E-state index contributed by atoms with van der Waals surface area (Å²) < 4.78 is 13.7. The molecule has 1 atom stereocenters. The number of benzene rings is 1. The molecule has 0 aromatic heterocycles. The van der Waals surface area contributed by atoms with Crippen molar-refractivity contribution in [2.24, 2.45) is 0 Å². The van der Waals surface area contributed by atoms with Gasteiger partial charge in [-0.25, -0.2) is 0 Å². The first kappa shape index (κ1) is 13.3. The van der Waals surface area contributed by atoms with E-state index in [4.69, 9.17) is 0 Å². The number of likely N-dealkylation sites (tertiary alicyclic amines) is 1. The monoisotopic (exact) mass is 279 g/mol. The molecular weight excluding hydrogens is 261 g/mol. The zero-order chi connectivity index (χ0) is 14.1. The number of halogens is 1. The highest BCUT2D eigenvalue weighted by Crippen LogP contribution is 2.28. The molecule has 108 valence electrons. The molecule has 1 aromatic carbocycles. The average molecular weight is 279 g/mol. The van der Waals surface area contributed by atoms with Crippen LogP contribution in [0.15, 0.2) is 18.2 Å². The molecule has 0 spiro atoms. The van der Waals surface area contributed by atoms with Crippen LogP contribution in [0.4, 0.5) is 15.8 Å². The van der Waals surface area contributed by atoms with Gasteiger partial charge in [-0.2, -0.15) is 4.39 Å². The van der Waals surface area contributed by atoms with Crippen molar-refractivity contribution in [2.45, 2.75) is 25.3 Å². The van der Waals surface area contributed by atoms with Gasteiger partial charge in [-0.1, -0.05) is 0 Å². The second-order valence-electron chi connectivity index (χ2n) is 5.52. The molecule has 2 aliphatic rings. The van der Waals surface area contributed by atoms with Crippen molar-refractivity contribution in [1.82, 2.24) is 4.90 Å². The first-order valence-corrected chi connectivity index (χ1v) is 7.08. The quantitative estimate of drug-likeness (QED) is 0.630. The van der Waals surface area contributed by atoms with Crippen molar-refractivity contribution < 1.29 is 9.31 Å². The van der Waals surface area contributed by atoms with Gasteiger partial charge in [0.2, 0.25) is 5.82 Å². The van der Waals surface area contributed by atoms with Crippen LogP contribution in [0.25, 0.3) is 0 Å². The first-order chi connectivity index (χ1) is 9.65. The Labute approximate surface area is 117 Å². The lowest BCUT2D eigenvalue weighted by atomic mass is 10.2. The molecule has 6 heteroatoms. The zero-order valence-electron chi connectivity index (χ0n) is 11.3. The zero-order valence-corrected chi connectivity index (χ0v) is 11.3. The molecule has 1 aromatic rings. The van der Waals surface area contributed by atoms with E-state index in [-0.39, 0.29) is 0 Å². The molecule has 2 fully saturated rings. The van der Waals surface area contributed by atoms with Gasteiger partial charge in [0.25, 0.3) is 0 Å². The molecule has 0 radical (unpaired) electrons. The van der Waals surface area contributed by atoms with E-state index in [1.54, 1.807) is 6.07 Å². The van der Waals surface area contributed by atoms with Crippen LogP contribution in [0.1, 0.15) is 19.3 Å². The van der Waals surface area contributed by atoms with Gasteiger partial charge >= 0.3 is 5.69 Å². The summed E-state index contributed by atoms with van der Waals surface area (Å²) in [5.41, 5.74) is 0.291. The van der Waals surface area contributed by atoms with Crippen molar-refractivity contribution in [3.8, 4) is 0 Å². The van der Waals surface area contributed by atoms with Crippen LogP contribution in [-0.4, -0.2) is 42.0 Å². The second kappa shape index (κ2) is 5.36. The SMILES string of the molecule is O=[N+]([O-])c1ccc(N2CC[C@@H](N3CCCC3)C2)cc1F. The van der Waals surface area contributed by atoms with E-state index in [0.717, 1.165) is 38.3 Å². The number of hydrogen-bond acceptors (Lipinski definition) is 4. The summed E-state index contributed by atoms with van der Waals surface area (Å²) in [6.07, 6.45) is 3.62. The number of nitro benzene ring substituents is 1. The lowest BCUT2D eigenvalue weighted by molar-refractivity contribution is -0.387. The van der Waals surface area contributed by atoms with Gasteiger partial charge in [0, 0.05) is 37.0 Å². The Bertz CT molecular complexity index is 517. The molecule has 2 heterocycles. The summed E-state index contributed by atoms with van der Waals surface area (Å²) in [6, 6.07) is 4.72. The number of hydrogen-bond donors (Lipinski definition) is 0. The first-order valence-electron chi connectivity index (χ1n) is 7.08. The van der Waals surface area contributed by atoms with E-state index >= 15 is 0 Å². The maximum absolute atomic E-state index is 13.7. The van der Waals surface area contributed by atoms with Crippen LogP contribution in [0, 0.1) is 15.9 Å². The molecular formula is C14H18FN3O2. The summed E-state index contributed by atoms with van der Waals surface area (Å²) >= 11 is 0. The molecule has 0 saturated carbocycles. The van der Waals surface area contributed by atoms with Crippen molar-refractivity contribution >= 4 is 11.4 Å². The maximum atomic E-state index is 13.7. The van der Waals surface area contributed by atoms with Crippen LogP contribution >= 0.6 is 0 Å². The Morgan fingerprint density at radius 2 is 2.00 bits per heavy atom. The summed E-state index contributed by atoms with van der Waals surface area (Å²) in [5.74, 6) is -0.753. The number of nitro groups is 1. The molecule has 0 bridgehead atoms.